The number of fused-ring (bicyclic) bond motifs is 1. The minimum absolute atomic E-state index is 0.0787. The lowest BCUT2D eigenvalue weighted by Crippen LogP contribution is -2.15. The summed E-state index contributed by atoms with van der Waals surface area (Å²) in [5.41, 5.74) is 3.35. The van der Waals surface area contributed by atoms with E-state index in [9.17, 15) is 4.79 Å². The molecular weight excluding hydrogens is 286 g/mol. The van der Waals surface area contributed by atoms with Gasteiger partial charge in [0.1, 0.15) is 5.76 Å². The molecule has 6 heteroatoms. The summed E-state index contributed by atoms with van der Waals surface area (Å²) in [6.07, 6.45) is 0.265. The van der Waals surface area contributed by atoms with Crippen molar-refractivity contribution in [2.24, 2.45) is 0 Å². The molecule has 0 atom stereocenters. The van der Waals surface area contributed by atoms with Crippen LogP contribution in [0.25, 0.3) is 10.2 Å². The smallest absolute Gasteiger partial charge is 0.229 e. The van der Waals surface area contributed by atoms with Crippen molar-refractivity contribution in [3.05, 3.63) is 40.2 Å². The number of anilines is 1. The second-order valence-corrected chi connectivity index (χ2v) is 6.18. The van der Waals surface area contributed by atoms with Crippen molar-refractivity contribution < 1.29 is 9.32 Å². The quantitative estimate of drug-likeness (QED) is 0.805. The highest BCUT2D eigenvalue weighted by Gasteiger charge is 2.13. The SMILES string of the molecule is Cc1nc2ccc(NC(=O)Cc3c(C)noc3C)cc2s1. The molecule has 21 heavy (non-hydrogen) atoms. The molecule has 1 aromatic carbocycles. The molecular formula is C15H15N3O2S. The predicted molar refractivity (Wildman–Crippen MR) is 82.7 cm³/mol. The number of aromatic nitrogens is 2. The average Bonchev–Trinajstić information content (AvgIpc) is 2.94. The summed E-state index contributed by atoms with van der Waals surface area (Å²) in [5, 5.41) is 7.78. The fraction of sp³-hybridized carbons (Fsp3) is 0.267. The summed E-state index contributed by atoms with van der Waals surface area (Å²) in [4.78, 5) is 16.5. The van der Waals surface area contributed by atoms with E-state index in [0.29, 0.717) is 5.76 Å². The molecule has 0 aliphatic carbocycles. The molecule has 0 saturated heterocycles. The Kier molecular flexibility index (Phi) is 3.47. The second kappa shape index (κ2) is 5.29. The molecule has 2 aromatic heterocycles. The molecule has 0 radical (unpaired) electrons. The molecule has 3 aromatic rings. The number of nitrogens with one attached hydrogen (secondary N) is 1. The number of carbonyl (C=O) groups is 1. The van der Waals surface area contributed by atoms with E-state index in [1.165, 1.54) is 0 Å². The van der Waals surface area contributed by atoms with Gasteiger partial charge in [-0.1, -0.05) is 5.16 Å². The Bertz CT molecular complexity index is 800. The zero-order valence-electron chi connectivity index (χ0n) is 12.1. The Morgan fingerprint density at radius 3 is 2.86 bits per heavy atom. The number of hydrogen-bond acceptors (Lipinski definition) is 5. The Morgan fingerprint density at radius 1 is 1.33 bits per heavy atom. The first kappa shape index (κ1) is 13.8. The molecule has 0 spiro atoms. The largest absolute Gasteiger partial charge is 0.361 e. The van der Waals surface area contributed by atoms with Crippen molar-refractivity contribution in [1.29, 1.82) is 0 Å². The van der Waals surface area contributed by atoms with Crippen molar-refractivity contribution in [2.45, 2.75) is 27.2 Å². The third-order valence-corrected chi connectivity index (χ3v) is 4.23. The second-order valence-electron chi connectivity index (χ2n) is 4.94. The minimum Gasteiger partial charge on any atom is -0.361 e. The first-order valence-corrected chi connectivity index (χ1v) is 7.43. The zero-order chi connectivity index (χ0) is 15.0. The highest BCUT2D eigenvalue weighted by atomic mass is 32.1. The number of thiazole rings is 1. The lowest BCUT2D eigenvalue weighted by molar-refractivity contribution is -0.115. The van der Waals surface area contributed by atoms with E-state index in [1.54, 1.807) is 11.3 Å². The molecule has 0 saturated carbocycles. The number of amides is 1. The molecule has 2 heterocycles. The third kappa shape index (κ3) is 2.80. The lowest BCUT2D eigenvalue weighted by Gasteiger charge is -2.05. The van der Waals surface area contributed by atoms with Crippen LogP contribution >= 0.6 is 11.3 Å². The molecule has 1 amide bonds. The van der Waals surface area contributed by atoms with E-state index in [2.05, 4.69) is 15.5 Å². The maximum atomic E-state index is 12.1. The fourth-order valence-electron chi connectivity index (χ4n) is 2.24. The molecule has 3 rings (SSSR count). The van der Waals surface area contributed by atoms with Crippen LogP contribution in [0.2, 0.25) is 0 Å². The molecule has 108 valence electrons. The van der Waals surface area contributed by atoms with E-state index in [0.717, 1.165) is 32.2 Å². The van der Waals surface area contributed by atoms with Gasteiger partial charge in [-0.15, -0.1) is 11.3 Å². The summed E-state index contributed by atoms with van der Waals surface area (Å²) >= 11 is 1.62. The van der Waals surface area contributed by atoms with Crippen LogP contribution in [0.5, 0.6) is 0 Å². The molecule has 0 fully saturated rings. The third-order valence-electron chi connectivity index (χ3n) is 3.30. The molecule has 0 bridgehead atoms. The van der Waals surface area contributed by atoms with Gasteiger partial charge in [0.25, 0.3) is 0 Å². The normalized spacial score (nSPS) is 11.0. The number of benzene rings is 1. The average molecular weight is 301 g/mol. The fourth-order valence-corrected chi connectivity index (χ4v) is 3.10. The number of aryl methyl sites for hydroxylation is 3. The van der Waals surface area contributed by atoms with Crippen LogP contribution in [0.1, 0.15) is 22.0 Å². The molecule has 0 aliphatic heterocycles. The van der Waals surface area contributed by atoms with E-state index in [4.69, 9.17) is 4.52 Å². The van der Waals surface area contributed by atoms with Gasteiger partial charge in [-0.2, -0.15) is 0 Å². The van der Waals surface area contributed by atoms with Crippen molar-refractivity contribution in [3.63, 3.8) is 0 Å². The number of nitrogens with zero attached hydrogens (tertiary/aromatic N) is 2. The highest BCUT2D eigenvalue weighted by Crippen LogP contribution is 2.25. The van der Waals surface area contributed by atoms with Crippen LogP contribution in [-0.2, 0) is 11.2 Å². The molecule has 5 nitrogen and oxygen atoms in total. The van der Waals surface area contributed by atoms with E-state index >= 15 is 0 Å². The van der Waals surface area contributed by atoms with Crippen molar-refractivity contribution in [1.82, 2.24) is 10.1 Å². The first-order chi connectivity index (χ1) is 10.0. The van der Waals surface area contributed by atoms with E-state index < -0.39 is 0 Å². The monoisotopic (exact) mass is 301 g/mol. The first-order valence-electron chi connectivity index (χ1n) is 6.62. The summed E-state index contributed by atoms with van der Waals surface area (Å²) in [6.45, 7) is 5.63. The summed E-state index contributed by atoms with van der Waals surface area (Å²) in [5.74, 6) is 0.612. The Morgan fingerprint density at radius 2 is 2.14 bits per heavy atom. The zero-order valence-corrected chi connectivity index (χ0v) is 12.9. The van der Waals surface area contributed by atoms with E-state index in [-0.39, 0.29) is 12.3 Å². The topological polar surface area (TPSA) is 68.0 Å². The van der Waals surface area contributed by atoms with Gasteiger partial charge in [0, 0.05) is 11.3 Å². The van der Waals surface area contributed by atoms with Crippen LogP contribution in [0.3, 0.4) is 0 Å². The van der Waals surface area contributed by atoms with Gasteiger partial charge < -0.3 is 9.84 Å². The maximum absolute atomic E-state index is 12.1. The van der Waals surface area contributed by atoms with Crippen LogP contribution in [0.15, 0.2) is 22.7 Å². The van der Waals surface area contributed by atoms with Crippen molar-refractivity contribution in [2.75, 3.05) is 5.32 Å². The van der Waals surface area contributed by atoms with Gasteiger partial charge in [0.05, 0.1) is 27.3 Å². The maximum Gasteiger partial charge on any atom is 0.229 e. The number of rotatable bonds is 3. The minimum atomic E-state index is -0.0787. The number of hydrogen-bond donors (Lipinski definition) is 1. The van der Waals surface area contributed by atoms with Gasteiger partial charge in [-0.05, 0) is 39.0 Å². The van der Waals surface area contributed by atoms with Gasteiger partial charge in [-0.3, -0.25) is 4.79 Å². The summed E-state index contributed by atoms with van der Waals surface area (Å²) < 4.78 is 6.14. The molecule has 0 unspecified atom stereocenters. The Hall–Kier alpha value is -2.21. The van der Waals surface area contributed by atoms with Crippen LogP contribution in [-0.4, -0.2) is 16.0 Å². The van der Waals surface area contributed by atoms with Gasteiger partial charge in [0.2, 0.25) is 5.91 Å². The lowest BCUT2D eigenvalue weighted by atomic mass is 10.1. The van der Waals surface area contributed by atoms with Gasteiger partial charge in [-0.25, -0.2) is 4.98 Å². The Labute approximate surface area is 126 Å². The van der Waals surface area contributed by atoms with Gasteiger partial charge in [0.15, 0.2) is 0 Å². The van der Waals surface area contributed by atoms with Crippen LogP contribution in [0, 0.1) is 20.8 Å². The number of carbonyl (C=O) groups excluding carboxylic acids is 1. The summed E-state index contributed by atoms with van der Waals surface area (Å²) in [7, 11) is 0. The highest BCUT2D eigenvalue weighted by molar-refractivity contribution is 7.18. The van der Waals surface area contributed by atoms with Crippen molar-refractivity contribution in [3.8, 4) is 0 Å². The predicted octanol–water partition coefficient (Wildman–Crippen LogP) is 3.39. The summed E-state index contributed by atoms with van der Waals surface area (Å²) in [6, 6.07) is 5.74. The van der Waals surface area contributed by atoms with Crippen molar-refractivity contribution >= 4 is 33.1 Å². The van der Waals surface area contributed by atoms with E-state index in [1.807, 2.05) is 39.0 Å². The molecule has 0 aliphatic rings. The van der Waals surface area contributed by atoms with Crippen LogP contribution < -0.4 is 5.32 Å². The van der Waals surface area contributed by atoms with Crippen LogP contribution in [0.4, 0.5) is 5.69 Å². The standard InChI is InChI=1S/C15H15N3O2S/c1-8-12(9(2)20-18-8)7-15(19)17-11-4-5-13-14(6-11)21-10(3)16-13/h4-6H,7H2,1-3H3,(H,17,19). The molecule has 1 N–H and O–H groups in total. The Balaban J connectivity index is 1.76. The van der Waals surface area contributed by atoms with Gasteiger partial charge >= 0.3 is 0 Å².